The average Bonchev–Trinajstić information content (AvgIpc) is 2.55. The van der Waals surface area contributed by atoms with Crippen molar-refractivity contribution >= 4 is 5.84 Å². The molecule has 0 radical (unpaired) electrons. The molecule has 1 saturated heterocycles. The van der Waals surface area contributed by atoms with Gasteiger partial charge in [0.2, 0.25) is 0 Å². The Morgan fingerprint density at radius 2 is 1.84 bits per heavy atom. The molecular weight excluding hydrogens is 331 g/mol. The molecule has 1 fully saturated rings. The van der Waals surface area contributed by atoms with E-state index in [1.54, 1.807) is 12.3 Å². The highest BCUT2D eigenvalue weighted by Crippen LogP contribution is 2.30. The normalized spacial score (nSPS) is 25.5. The lowest BCUT2D eigenvalue weighted by atomic mass is 9.89. The molecule has 0 aliphatic carbocycles. The van der Waals surface area contributed by atoms with E-state index in [0.29, 0.717) is 12.4 Å². The van der Waals surface area contributed by atoms with E-state index in [1.165, 1.54) is 12.1 Å². The molecule has 0 aromatic heterocycles. The molecule has 8 heteroatoms. The fourth-order valence-electron chi connectivity index (χ4n) is 3.34. The zero-order valence-electron chi connectivity index (χ0n) is 13.8. The fourth-order valence-corrected chi connectivity index (χ4v) is 3.34. The Hall–Kier alpha value is -2.06. The second-order valence-electron chi connectivity index (χ2n) is 6.58. The Bertz CT molecular complexity index is 660. The SMILES string of the molecule is NC1=NC(N)(C2CCN(Cc3ccc(C(F)(F)F)cc3)CC2)NC=C1. The quantitative estimate of drug-likeness (QED) is 0.777. The molecule has 2 aliphatic rings. The molecule has 25 heavy (non-hydrogen) atoms. The van der Waals surface area contributed by atoms with Gasteiger partial charge < -0.3 is 11.1 Å². The number of benzene rings is 1. The summed E-state index contributed by atoms with van der Waals surface area (Å²) in [4.78, 5) is 6.55. The first kappa shape index (κ1) is 17.8. The van der Waals surface area contributed by atoms with E-state index in [-0.39, 0.29) is 5.92 Å². The lowest BCUT2D eigenvalue weighted by molar-refractivity contribution is -0.137. The van der Waals surface area contributed by atoms with Crippen molar-refractivity contribution in [3.63, 3.8) is 0 Å². The molecule has 5 nitrogen and oxygen atoms in total. The second kappa shape index (κ2) is 6.68. The van der Waals surface area contributed by atoms with Crippen molar-refractivity contribution in [2.24, 2.45) is 22.4 Å². The van der Waals surface area contributed by atoms with Crippen LogP contribution >= 0.6 is 0 Å². The molecular formula is C17H22F3N5. The summed E-state index contributed by atoms with van der Waals surface area (Å²) in [6, 6.07) is 5.34. The van der Waals surface area contributed by atoms with Crippen LogP contribution in [0.4, 0.5) is 13.2 Å². The number of nitrogens with two attached hydrogens (primary N) is 2. The minimum atomic E-state index is -4.30. The van der Waals surface area contributed by atoms with Crippen molar-refractivity contribution < 1.29 is 13.2 Å². The van der Waals surface area contributed by atoms with Crippen molar-refractivity contribution in [1.82, 2.24) is 10.2 Å². The van der Waals surface area contributed by atoms with Gasteiger partial charge in [-0.15, -0.1) is 0 Å². The zero-order valence-corrected chi connectivity index (χ0v) is 13.8. The maximum atomic E-state index is 12.6. The van der Waals surface area contributed by atoms with Gasteiger partial charge in [0.15, 0.2) is 5.79 Å². The summed E-state index contributed by atoms with van der Waals surface area (Å²) in [5, 5.41) is 3.09. The van der Waals surface area contributed by atoms with Crippen LogP contribution in [0.2, 0.25) is 0 Å². The van der Waals surface area contributed by atoms with E-state index in [2.05, 4.69) is 15.2 Å². The molecule has 0 saturated carbocycles. The van der Waals surface area contributed by atoms with Gasteiger partial charge in [-0.25, -0.2) is 4.99 Å². The van der Waals surface area contributed by atoms with Crippen molar-refractivity contribution in [2.75, 3.05) is 13.1 Å². The van der Waals surface area contributed by atoms with Crippen molar-refractivity contribution in [3.05, 3.63) is 47.7 Å². The molecule has 1 atom stereocenters. The van der Waals surface area contributed by atoms with Crippen LogP contribution in [0.15, 0.2) is 41.5 Å². The molecule has 3 rings (SSSR count). The molecule has 0 spiro atoms. The van der Waals surface area contributed by atoms with E-state index in [1.807, 2.05) is 0 Å². The highest BCUT2D eigenvalue weighted by atomic mass is 19.4. The molecule has 0 bridgehead atoms. The molecule has 0 amide bonds. The molecule has 2 heterocycles. The number of amidine groups is 1. The minimum Gasteiger partial charge on any atom is -0.384 e. The van der Waals surface area contributed by atoms with E-state index < -0.39 is 17.5 Å². The van der Waals surface area contributed by atoms with Crippen LogP contribution in [0.25, 0.3) is 0 Å². The van der Waals surface area contributed by atoms with Gasteiger partial charge in [-0.3, -0.25) is 10.6 Å². The number of likely N-dealkylation sites (tertiary alicyclic amines) is 1. The molecule has 1 unspecified atom stereocenters. The summed E-state index contributed by atoms with van der Waals surface area (Å²) < 4.78 is 37.8. The standard InChI is InChI=1S/C17H22F3N5/c18-16(19,20)13-3-1-12(2-4-13)11-25-9-6-14(7-10-25)17(22)23-8-5-15(21)24-17/h1-5,8,14,23H,6-7,9-11,22H2,(H2,21,24). The zero-order chi connectivity index (χ0) is 18.1. The fraction of sp³-hybridized carbons (Fsp3) is 0.471. The third-order valence-corrected chi connectivity index (χ3v) is 4.78. The molecule has 136 valence electrons. The maximum Gasteiger partial charge on any atom is 0.416 e. The van der Waals surface area contributed by atoms with Crippen molar-refractivity contribution in [1.29, 1.82) is 0 Å². The maximum absolute atomic E-state index is 12.6. The first-order valence-electron chi connectivity index (χ1n) is 8.23. The smallest absolute Gasteiger partial charge is 0.384 e. The number of hydrogen-bond acceptors (Lipinski definition) is 5. The topological polar surface area (TPSA) is 79.7 Å². The van der Waals surface area contributed by atoms with Crippen LogP contribution in [0.1, 0.15) is 24.0 Å². The number of alkyl halides is 3. The first-order valence-corrected chi connectivity index (χ1v) is 8.23. The Morgan fingerprint density at radius 1 is 1.20 bits per heavy atom. The van der Waals surface area contributed by atoms with Crippen molar-refractivity contribution in [2.45, 2.75) is 31.3 Å². The van der Waals surface area contributed by atoms with E-state index >= 15 is 0 Å². The summed E-state index contributed by atoms with van der Waals surface area (Å²) in [5.74, 6) is -0.312. The number of piperidine rings is 1. The summed E-state index contributed by atoms with van der Waals surface area (Å²) in [7, 11) is 0. The number of halogens is 3. The van der Waals surface area contributed by atoms with E-state index in [0.717, 1.165) is 43.6 Å². The molecule has 5 N–H and O–H groups in total. The lowest BCUT2D eigenvalue weighted by Crippen LogP contribution is -2.59. The van der Waals surface area contributed by atoms with Crippen LogP contribution in [0.5, 0.6) is 0 Å². The van der Waals surface area contributed by atoms with Crippen LogP contribution in [-0.4, -0.2) is 29.6 Å². The van der Waals surface area contributed by atoms with Crippen LogP contribution in [0, 0.1) is 5.92 Å². The Morgan fingerprint density at radius 3 is 2.40 bits per heavy atom. The lowest BCUT2D eigenvalue weighted by Gasteiger charge is -2.41. The monoisotopic (exact) mass is 353 g/mol. The largest absolute Gasteiger partial charge is 0.416 e. The van der Waals surface area contributed by atoms with Crippen LogP contribution in [0.3, 0.4) is 0 Å². The number of aliphatic imine (C=N–C) groups is 1. The van der Waals surface area contributed by atoms with Crippen LogP contribution < -0.4 is 16.8 Å². The molecule has 1 aromatic carbocycles. The van der Waals surface area contributed by atoms with Gasteiger partial charge in [0.25, 0.3) is 0 Å². The van der Waals surface area contributed by atoms with Crippen LogP contribution in [-0.2, 0) is 12.7 Å². The third kappa shape index (κ3) is 4.13. The van der Waals surface area contributed by atoms with Crippen molar-refractivity contribution in [3.8, 4) is 0 Å². The van der Waals surface area contributed by atoms with E-state index in [4.69, 9.17) is 11.5 Å². The van der Waals surface area contributed by atoms with Gasteiger partial charge in [-0.2, -0.15) is 13.2 Å². The molecule has 2 aliphatic heterocycles. The Labute approximate surface area is 144 Å². The summed E-state index contributed by atoms with van der Waals surface area (Å²) in [5.41, 5.74) is 12.3. The van der Waals surface area contributed by atoms with Gasteiger partial charge >= 0.3 is 6.18 Å². The van der Waals surface area contributed by atoms with Gasteiger partial charge in [-0.1, -0.05) is 12.1 Å². The number of hydrogen-bond donors (Lipinski definition) is 3. The third-order valence-electron chi connectivity index (χ3n) is 4.78. The highest BCUT2D eigenvalue weighted by Gasteiger charge is 2.37. The summed E-state index contributed by atoms with van der Waals surface area (Å²) in [6.45, 7) is 2.25. The number of nitrogens with one attached hydrogen (secondary N) is 1. The predicted molar refractivity (Wildman–Crippen MR) is 90.3 cm³/mol. The second-order valence-corrected chi connectivity index (χ2v) is 6.58. The van der Waals surface area contributed by atoms with Gasteiger partial charge in [0.1, 0.15) is 5.84 Å². The predicted octanol–water partition coefficient (Wildman–Crippen LogP) is 2.00. The van der Waals surface area contributed by atoms with Gasteiger partial charge in [0.05, 0.1) is 5.56 Å². The number of nitrogens with zero attached hydrogens (tertiary/aromatic N) is 2. The average molecular weight is 353 g/mol. The van der Waals surface area contributed by atoms with E-state index in [9.17, 15) is 13.2 Å². The van der Waals surface area contributed by atoms with Gasteiger partial charge in [-0.05, 0) is 49.7 Å². The number of rotatable bonds is 3. The summed E-state index contributed by atoms with van der Waals surface area (Å²) in [6.07, 6.45) is 0.779. The first-order chi connectivity index (χ1) is 11.8. The van der Waals surface area contributed by atoms with Gasteiger partial charge in [0, 0.05) is 18.7 Å². The Balaban J connectivity index is 1.55. The minimum absolute atomic E-state index is 0.153. The Kier molecular flexibility index (Phi) is 4.75. The molecule has 1 aromatic rings. The summed E-state index contributed by atoms with van der Waals surface area (Å²) >= 11 is 0. The highest BCUT2D eigenvalue weighted by molar-refractivity contribution is 5.92.